The van der Waals surface area contributed by atoms with Crippen molar-refractivity contribution in [2.75, 3.05) is 5.32 Å². The lowest BCUT2D eigenvalue weighted by molar-refractivity contribution is -0.111. The van der Waals surface area contributed by atoms with Crippen LogP contribution >= 0.6 is 12.2 Å². The van der Waals surface area contributed by atoms with Gasteiger partial charge in [-0.15, -0.1) is 0 Å². The number of hydrogen-bond acceptors (Lipinski definition) is 6. The van der Waals surface area contributed by atoms with Crippen LogP contribution in [0.3, 0.4) is 0 Å². The van der Waals surface area contributed by atoms with Gasteiger partial charge in [-0.3, -0.25) is 4.79 Å². The summed E-state index contributed by atoms with van der Waals surface area (Å²) in [6.45, 7) is 1.43. The van der Waals surface area contributed by atoms with Crippen LogP contribution in [-0.4, -0.2) is 31.2 Å². The summed E-state index contributed by atoms with van der Waals surface area (Å²) < 4.78 is 1.74. The van der Waals surface area contributed by atoms with E-state index in [0.717, 1.165) is 0 Å². The molecule has 134 valence electrons. The van der Waals surface area contributed by atoms with E-state index in [9.17, 15) is 9.90 Å². The number of nitrogens with one attached hydrogen (secondary N) is 2. The summed E-state index contributed by atoms with van der Waals surface area (Å²) in [7, 11) is 0. The number of nitriles is 1. The molecule has 0 radical (unpaired) electrons. The summed E-state index contributed by atoms with van der Waals surface area (Å²) in [4.78, 5) is 12.7. The lowest BCUT2D eigenvalue weighted by Gasteiger charge is -2.11. The van der Waals surface area contributed by atoms with Crippen molar-refractivity contribution in [2.24, 2.45) is 0 Å². The number of aliphatic hydroxyl groups is 1. The lowest BCUT2D eigenvalue weighted by atomic mass is 10.0. The maximum atomic E-state index is 12.7. The van der Waals surface area contributed by atoms with Crippen LogP contribution in [0.4, 0.5) is 5.69 Å². The summed E-state index contributed by atoms with van der Waals surface area (Å²) >= 11 is 5.07. The second-order valence-electron chi connectivity index (χ2n) is 5.57. The van der Waals surface area contributed by atoms with Crippen molar-refractivity contribution in [1.29, 1.82) is 5.26 Å². The van der Waals surface area contributed by atoms with Gasteiger partial charge in [0.25, 0.3) is 5.91 Å². The predicted molar refractivity (Wildman–Crippen MR) is 102 cm³/mol. The van der Waals surface area contributed by atoms with Crippen molar-refractivity contribution in [3.05, 3.63) is 70.2 Å². The van der Waals surface area contributed by atoms with Crippen LogP contribution in [-0.2, 0) is 4.79 Å². The van der Waals surface area contributed by atoms with Crippen molar-refractivity contribution >= 4 is 29.4 Å². The van der Waals surface area contributed by atoms with Gasteiger partial charge < -0.3 is 10.4 Å². The molecule has 1 amide bonds. The van der Waals surface area contributed by atoms with Crippen molar-refractivity contribution < 1.29 is 9.90 Å². The topological polar surface area (TPSA) is 120 Å². The number of aromatic amines is 1. The third-order valence-corrected chi connectivity index (χ3v) is 3.99. The fourth-order valence-electron chi connectivity index (χ4n) is 2.50. The summed E-state index contributed by atoms with van der Waals surface area (Å²) in [6.07, 6.45) is 0. The van der Waals surface area contributed by atoms with Crippen LogP contribution < -0.4 is 5.32 Å². The van der Waals surface area contributed by atoms with E-state index in [1.54, 1.807) is 48.5 Å². The molecule has 0 aliphatic carbocycles. The molecule has 9 heteroatoms. The van der Waals surface area contributed by atoms with E-state index in [1.165, 1.54) is 11.6 Å². The minimum Gasteiger partial charge on any atom is -0.512 e. The van der Waals surface area contributed by atoms with Gasteiger partial charge in [0, 0.05) is 5.69 Å². The maximum Gasteiger partial charge on any atom is 0.259 e. The van der Waals surface area contributed by atoms with Crippen LogP contribution in [0, 0.1) is 16.1 Å². The molecule has 3 rings (SSSR count). The molecule has 0 saturated heterocycles. The molecule has 0 atom stereocenters. The van der Waals surface area contributed by atoms with E-state index < -0.39 is 5.91 Å². The molecular formula is C18H14N6O2S. The number of carbonyl (C=O) groups excluding carboxylic acids is 1. The SMILES string of the molecule is C/C(O)=C(/C(=O)Nc1cccc(-n2[nH]nnc2=S)c1)c1ccc(C#N)cc1. The third kappa shape index (κ3) is 3.91. The molecule has 27 heavy (non-hydrogen) atoms. The highest BCUT2D eigenvalue weighted by atomic mass is 32.1. The fraction of sp³-hybridized carbons (Fsp3) is 0.0556. The number of tetrazole rings is 1. The molecule has 0 fully saturated rings. The zero-order valence-corrected chi connectivity index (χ0v) is 15.0. The number of H-pyrrole nitrogens is 1. The number of benzene rings is 2. The molecule has 0 bridgehead atoms. The first-order valence-electron chi connectivity index (χ1n) is 7.82. The number of amides is 1. The second-order valence-corrected chi connectivity index (χ2v) is 5.94. The zero-order chi connectivity index (χ0) is 19.4. The standard InChI is InChI=1S/C18H14N6O2S/c1-11(25)16(13-7-5-12(10-19)6-8-13)17(26)20-14-3-2-4-15(9-14)24-18(27)21-22-23-24/h2-9,25H,1H3,(H,20,26)(H,21,23,27)/b16-11-. The summed E-state index contributed by atoms with van der Waals surface area (Å²) in [5, 5.41) is 31.6. The Morgan fingerprint density at radius 1 is 1.30 bits per heavy atom. The molecule has 0 spiro atoms. The Hall–Kier alpha value is -3.77. The zero-order valence-electron chi connectivity index (χ0n) is 14.2. The minimum absolute atomic E-state index is 0.115. The van der Waals surface area contributed by atoms with Crippen LogP contribution in [0.25, 0.3) is 11.3 Å². The summed E-state index contributed by atoms with van der Waals surface area (Å²) in [6, 6.07) is 15.3. The largest absolute Gasteiger partial charge is 0.512 e. The molecule has 2 aromatic carbocycles. The number of rotatable bonds is 4. The van der Waals surface area contributed by atoms with E-state index >= 15 is 0 Å². The van der Waals surface area contributed by atoms with Gasteiger partial charge >= 0.3 is 0 Å². The van der Waals surface area contributed by atoms with Gasteiger partial charge in [0.15, 0.2) is 0 Å². The van der Waals surface area contributed by atoms with Gasteiger partial charge in [0.05, 0.1) is 22.9 Å². The van der Waals surface area contributed by atoms with Gasteiger partial charge in [-0.2, -0.15) is 10.5 Å². The number of anilines is 1. The van der Waals surface area contributed by atoms with Gasteiger partial charge in [0.2, 0.25) is 4.77 Å². The van der Waals surface area contributed by atoms with Gasteiger partial charge in [-0.1, -0.05) is 28.5 Å². The molecule has 0 saturated carbocycles. The maximum absolute atomic E-state index is 12.7. The predicted octanol–water partition coefficient (Wildman–Crippen LogP) is 3.12. The molecule has 3 N–H and O–H groups in total. The molecular weight excluding hydrogens is 364 g/mol. The Balaban J connectivity index is 1.89. The second kappa shape index (κ2) is 7.63. The minimum atomic E-state index is -0.483. The van der Waals surface area contributed by atoms with E-state index in [2.05, 4.69) is 20.8 Å². The number of aromatic nitrogens is 4. The number of allylic oxidation sites excluding steroid dienone is 1. The first-order chi connectivity index (χ1) is 13.0. The Morgan fingerprint density at radius 3 is 2.63 bits per heavy atom. The number of carbonyl (C=O) groups is 1. The normalized spacial score (nSPS) is 11.4. The third-order valence-electron chi connectivity index (χ3n) is 3.73. The Kier molecular flexibility index (Phi) is 5.10. The molecule has 3 aromatic rings. The molecule has 0 unspecified atom stereocenters. The fourth-order valence-corrected chi connectivity index (χ4v) is 2.68. The Labute approximate surface area is 159 Å². The highest BCUT2D eigenvalue weighted by Gasteiger charge is 2.16. The Bertz CT molecular complexity index is 1120. The van der Waals surface area contributed by atoms with E-state index in [-0.39, 0.29) is 16.1 Å². The highest BCUT2D eigenvalue weighted by Crippen LogP contribution is 2.22. The van der Waals surface area contributed by atoms with Crippen LogP contribution in [0.2, 0.25) is 0 Å². The Morgan fingerprint density at radius 2 is 2.04 bits per heavy atom. The van der Waals surface area contributed by atoms with Crippen molar-refractivity contribution in [3.63, 3.8) is 0 Å². The molecule has 8 nitrogen and oxygen atoms in total. The highest BCUT2D eigenvalue weighted by molar-refractivity contribution is 7.71. The van der Waals surface area contributed by atoms with Crippen molar-refractivity contribution in [3.8, 4) is 11.8 Å². The van der Waals surface area contributed by atoms with Gasteiger partial charge in [0.1, 0.15) is 5.76 Å². The lowest BCUT2D eigenvalue weighted by Crippen LogP contribution is -2.15. The molecule has 1 heterocycles. The summed E-state index contributed by atoms with van der Waals surface area (Å²) in [5.74, 6) is -0.614. The van der Waals surface area contributed by atoms with Gasteiger partial charge in [-0.05, 0) is 55.0 Å². The average molecular weight is 378 g/mol. The molecule has 0 aliphatic rings. The van der Waals surface area contributed by atoms with Crippen molar-refractivity contribution in [2.45, 2.75) is 6.92 Å². The van der Waals surface area contributed by atoms with E-state index in [1.807, 2.05) is 6.07 Å². The number of nitrogens with zero attached hydrogens (tertiary/aromatic N) is 4. The van der Waals surface area contributed by atoms with Crippen LogP contribution in [0.1, 0.15) is 18.1 Å². The van der Waals surface area contributed by atoms with Crippen LogP contribution in [0.15, 0.2) is 54.3 Å². The number of aliphatic hydroxyl groups excluding tert-OH is 1. The van der Waals surface area contributed by atoms with E-state index in [4.69, 9.17) is 17.5 Å². The van der Waals surface area contributed by atoms with E-state index in [0.29, 0.717) is 22.5 Å². The quantitative estimate of drug-likeness (QED) is 0.364. The van der Waals surface area contributed by atoms with Crippen LogP contribution in [0.5, 0.6) is 0 Å². The first kappa shape index (κ1) is 18.0. The smallest absolute Gasteiger partial charge is 0.259 e. The average Bonchev–Trinajstić information content (AvgIpc) is 3.08. The van der Waals surface area contributed by atoms with Gasteiger partial charge in [-0.25, -0.2) is 4.68 Å². The summed E-state index contributed by atoms with van der Waals surface area (Å²) in [5.41, 5.74) is 2.23. The monoisotopic (exact) mass is 378 g/mol. The first-order valence-corrected chi connectivity index (χ1v) is 8.22. The number of hydrogen-bond donors (Lipinski definition) is 3. The molecule has 0 aliphatic heterocycles. The van der Waals surface area contributed by atoms with Crippen molar-refractivity contribution in [1.82, 2.24) is 20.2 Å². The molecule has 1 aromatic heterocycles.